The van der Waals surface area contributed by atoms with Crippen molar-refractivity contribution in [1.29, 1.82) is 0 Å². The topological polar surface area (TPSA) is 80.4 Å². The Balaban J connectivity index is 2.09. The standard InChI is InChI=1S/C14H23N3O2/c1-8(2)19-13-9(15)5-6-12(17-13)16-10-7-11(18)14(10,3)4/h5-6,8,10-11,18H,7,15H2,1-4H3,(H,16,17). The summed E-state index contributed by atoms with van der Waals surface area (Å²) in [6, 6.07) is 3.84. The molecule has 0 spiro atoms. The molecule has 4 N–H and O–H groups in total. The molecule has 0 aromatic carbocycles. The Morgan fingerprint density at radius 1 is 1.47 bits per heavy atom. The second-order valence-corrected chi connectivity index (χ2v) is 6.03. The number of aliphatic hydroxyl groups is 1. The molecule has 1 aromatic heterocycles. The first kappa shape index (κ1) is 13.9. The van der Waals surface area contributed by atoms with Gasteiger partial charge in [0.25, 0.3) is 0 Å². The molecule has 106 valence electrons. The molecule has 2 atom stereocenters. The van der Waals surface area contributed by atoms with Crippen LogP contribution in [-0.4, -0.2) is 28.3 Å². The summed E-state index contributed by atoms with van der Waals surface area (Å²) >= 11 is 0. The maximum absolute atomic E-state index is 9.74. The van der Waals surface area contributed by atoms with Crippen LogP contribution in [0.3, 0.4) is 0 Å². The smallest absolute Gasteiger partial charge is 0.239 e. The number of anilines is 2. The zero-order chi connectivity index (χ0) is 14.2. The summed E-state index contributed by atoms with van der Waals surface area (Å²) in [5.41, 5.74) is 6.23. The van der Waals surface area contributed by atoms with Crippen LogP contribution in [0.2, 0.25) is 0 Å². The largest absolute Gasteiger partial charge is 0.473 e. The Labute approximate surface area is 114 Å². The highest BCUT2D eigenvalue weighted by atomic mass is 16.5. The van der Waals surface area contributed by atoms with Gasteiger partial charge < -0.3 is 20.9 Å². The summed E-state index contributed by atoms with van der Waals surface area (Å²) in [5.74, 6) is 1.19. The molecule has 1 aliphatic rings. The predicted molar refractivity (Wildman–Crippen MR) is 76.2 cm³/mol. The third-order valence-corrected chi connectivity index (χ3v) is 3.78. The third-order valence-electron chi connectivity index (χ3n) is 3.78. The first-order valence-corrected chi connectivity index (χ1v) is 6.68. The summed E-state index contributed by atoms with van der Waals surface area (Å²) in [5, 5.41) is 13.1. The second kappa shape index (κ2) is 4.89. The number of aliphatic hydroxyl groups excluding tert-OH is 1. The minimum atomic E-state index is -0.259. The molecule has 5 heteroatoms. The molecule has 2 unspecified atom stereocenters. The second-order valence-electron chi connectivity index (χ2n) is 6.03. The minimum absolute atomic E-state index is 0.0343. The summed E-state index contributed by atoms with van der Waals surface area (Å²) < 4.78 is 5.57. The summed E-state index contributed by atoms with van der Waals surface area (Å²) in [7, 11) is 0. The summed E-state index contributed by atoms with van der Waals surface area (Å²) in [6.45, 7) is 7.96. The van der Waals surface area contributed by atoms with Gasteiger partial charge >= 0.3 is 0 Å². The molecule has 1 fully saturated rings. The first-order valence-electron chi connectivity index (χ1n) is 6.68. The van der Waals surface area contributed by atoms with Gasteiger partial charge in [-0.1, -0.05) is 13.8 Å². The van der Waals surface area contributed by atoms with E-state index in [1.165, 1.54) is 0 Å². The van der Waals surface area contributed by atoms with E-state index in [0.717, 1.165) is 12.2 Å². The lowest BCUT2D eigenvalue weighted by Gasteiger charge is -2.49. The lowest BCUT2D eigenvalue weighted by Crippen LogP contribution is -2.57. The highest BCUT2D eigenvalue weighted by Gasteiger charge is 2.47. The molecular weight excluding hydrogens is 242 g/mol. The Bertz CT molecular complexity index is 460. The maximum Gasteiger partial charge on any atom is 0.239 e. The zero-order valence-electron chi connectivity index (χ0n) is 12.0. The van der Waals surface area contributed by atoms with E-state index < -0.39 is 0 Å². The van der Waals surface area contributed by atoms with Crippen molar-refractivity contribution in [3.63, 3.8) is 0 Å². The molecule has 2 rings (SSSR count). The lowest BCUT2D eigenvalue weighted by atomic mass is 9.64. The zero-order valence-corrected chi connectivity index (χ0v) is 12.0. The fourth-order valence-corrected chi connectivity index (χ4v) is 2.18. The van der Waals surface area contributed by atoms with Gasteiger partial charge in [0.2, 0.25) is 5.88 Å². The Morgan fingerprint density at radius 2 is 2.16 bits per heavy atom. The monoisotopic (exact) mass is 265 g/mol. The van der Waals surface area contributed by atoms with Crippen LogP contribution in [0.15, 0.2) is 12.1 Å². The number of nitrogens with two attached hydrogens (primary N) is 1. The van der Waals surface area contributed by atoms with E-state index >= 15 is 0 Å². The van der Waals surface area contributed by atoms with Crippen molar-refractivity contribution in [2.45, 2.75) is 52.4 Å². The molecule has 1 heterocycles. The van der Waals surface area contributed by atoms with Gasteiger partial charge in [0.1, 0.15) is 5.82 Å². The SMILES string of the molecule is CC(C)Oc1nc(NC2CC(O)C2(C)C)ccc1N. The summed E-state index contributed by atoms with van der Waals surface area (Å²) in [6.07, 6.45) is 0.511. The van der Waals surface area contributed by atoms with Gasteiger partial charge in [-0.15, -0.1) is 0 Å². The van der Waals surface area contributed by atoms with Crippen molar-refractivity contribution in [2.24, 2.45) is 5.41 Å². The van der Waals surface area contributed by atoms with E-state index in [4.69, 9.17) is 10.5 Å². The fraction of sp³-hybridized carbons (Fsp3) is 0.643. The Kier molecular flexibility index (Phi) is 3.58. The number of nitrogen functional groups attached to an aromatic ring is 1. The molecule has 1 aromatic rings. The molecule has 19 heavy (non-hydrogen) atoms. The minimum Gasteiger partial charge on any atom is -0.473 e. The number of nitrogens with zero attached hydrogens (tertiary/aromatic N) is 1. The van der Waals surface area contributed by atoms with Crippen LogP contribution in [-0.2, 0) is 0 Å². The number of hydrogen-bond donors (Lipinski definition) is 3. The van der Waals surface area contributed by atoms with Crippen molar-refractivity contribution >= 4 is 11.5 Å². The number of pyridine rings is 1. The molecule has 0 aliphatic heterocycles. The molecule has 1 saturated carbocycles. The summed E-state index contributed by atoms with van der Waals surface area (Å²) in [4.78, 5) is 4.38. The number of rotatable bonds is 4. The highest BCUT2D eigenvalue weighted by molar-refractivity contribution is 5.54. The van der Waals surface area contributed by atoms with Gasteiger partial charge in [-0.25, -0.2) is 0 Å². The van der Waals surface area contributed by atoms with Gasteiger partial charge in [-0.3, -0.25) is 0 Å². The van der Waals surface area contributed by atoms with Crippen molar-refractivity contribution < 1.29 is 9.84 Å². The number of hydrogen-bond acceptors (Lipinski definition) is 5. The van der Waals surface area contributed by atoms with Gasteiger partial charge in [-0.05, 0) is 32.4 Å². The fourth-order valence-electron chi connectivity index (χ4n) is 2.18. The van der Waals surface area contributed by atoms with Crippen LogP contribution >= 0.6 is 0 Å². The van der Waals surface area contributed by atoms with Gasteiger partial charge in [0.05, 0.1) is 17.9 Å². The average Bonchev–Trinajstić information content (AvgIpc) is 2.32. The van der Waals surface area contributed by atoms with Crippen molar-refractivity contribution in [2.75, 3.05) is 11.1 Å². The molecule has 5 nitrogen and oxygen atoms in total. The Hall–Kier alpha value is -1.49. The molecule has 0 saturated heterocycles. The van der Waals surface area contributed by atoms with Crippen LogP contribution < -0.4 is 15.8 Å². The predicted octanol–water partition coefficient (Wildman–Crippen LogP) is 2.02. The van der Waals surface area contributed by atoms with E-state index in [-0.39, 0.29) is 23.7 Å². The quantitative estimate of drug-likeness (QED) is 0.776. The van der Waals surface area contributed by atoms with E-state index in [1.54, 1.807) is 6.07 Å². The van der Waals surface area contributed by atoms with Crippen molar-refractivity contribution in [1.82, 2.24) is 4.98 Å². The number of ether oxygens (including phenoxy) is 1. The van der Waals surface area contributed by atoms with Crippen LogP contribution in [0.1, 0.15) is 34.1 Å². The van der Waals surface area contributed by atoms with Gasteiger partial charge in [-0.2, -0.15) is 4.98 Å². The lowest BCUT2D eigenvalue weighted by molar-refractivity contribution is -0.0511. The third kappa shape index (κ3) is 2.76. The normalized spacial score (nSPS) is 24.9. The average molecular weight is 265 g/mol. The Morgan fingerprint density at radius 3 is 2.68 bits per heavy atom. The number of aromatic nitrogens is 1. The van der Waals surface area contributed by atoms with Gasteiger partial charge in [0.15, 0.2) is 0 Å². The van der Waals surface area contributed by atoms with Crippen LogP contribution in [0.25, 0.3) is 0 Å². The van der Waals surface area contributed by atoms with Gasteiger partial charge in [0, 0.05) is 11.5 Å². The highest BCUT2D eigenvalue weighted by Crippen LogP contribution is 2.42. The van der Waals surface area contributed by atoms with Crippen LogP contribution in [0, 0.1) is 5.41 Å². The molecular formula is C14H23N3O2. The van der Waals surface area contributed by atoms with Crippen molar-refractivity contribution in [3.05, 3.63) is 12.1 Å². The molecule has 0 amide bonds. The molecule has 0 bridgehead atoms. The van der Waals surface area contributed by atoms with Crippen LogP contribution in [0.5, 0.6) is 5.88 Å². The van der Waals surface area contributed by atoms with E-state index in [2.05, 4.69) is 10.3 Å². The van der Waals surface area contributed by atoms with E-state index in [1.807, 2.05) is 33.8 Å². The number of nitrogens with one attached hydrogen (secondary N) is 1. The molecule has 1 aliphatic carbocycles. The van der Waals surface area contributed by atoms with E-state index in [0.29, 0.717) is 11.6 Å². The van der Waals surface area contributed by atoms with Crippen molar-refractivity contribution in [3.8, 4) is 5.88 Å². The van der Waals surface area contributed by atoms with Crippen LogP contribution in [0.4, 0.5) is 11.5 Å². The van der Waals surface area contributed by atoms with E-state index in [9.17, 15) is 5.11 Å². The maximum atomic E-state index is 9.74. The molecule has 0 radical (unpaired) electrons. The first-order chi connectivity index (χ1) is 8.80.